The second kappa shape index (κ2) is 4.70. The fourth-order valence-electron chi connectivity index (χ4n) is 1.69. The highest BCUT2D eigenvalue weighted by molar-refractivity contribution is 7.14. The highest BCUT2D eigenvalue weighted by atomic mass is 32.1. The fourth-order valence-corrected chi connectivity index (χ4v) is 2.50. The van der Waals surface area contributed by atoms with Crippen molar-refractivity contribution in [1.29, 1.82) is 0 Å². The Morgan fingerprint density at radius 1 is 1.47 bits per heavy atom. The van der Waals surface area contributed by atoms with E-state index in [1.165, 1.54) is 11.3 Å². The molecule has 2 N–H and O–H groups in total. The van der Waals surface area contributed by atoms with Crippen molar-refractivity contribution in [3.05, 3.63) is 23.3 Å². The van der Waals surface area contributed by atoms with Crippen LogP contribution in [0, 0.1) is 0 Å². The smallest absolute Gasteiger partial charge is 0.342 e. The van der Waals surface area contributed by atoms with E-state index in [4.69, 9.17) is 10.5 Å². The minimum Gasteiger partial charge on any atom is -0.456 e. The van der Waals surface area contributed by atoms with Gasteiger partial charge in [0.15, 0.2) is 0 Å². The minimum absolute atomic E-state index is 0.398. The van der Waals surface area contributed by atoms with Gasteiger partial charge in [-0.05, 0) is 20.8 Å². The van der Waals surface area contributed by atoms with Crippen molar-refractivity contribution in [2.75, 3.05) is 5.73 Å². The maximum absolute atomic E-state index is 12.2. The molecule has 0 unspecified atom stereocenters. The van der Waals surface area contributed by atoms with Crippen molar-refractivity contribution in [3.8, 4) is 11.1 Å². The second-order valence-corrected chi connectivity index (χ2v) is 6.20. The summed E-state index contributed by atoms with van der Waals surface area (Å²) in [6.07, 6.45) is 3.55. The quantitative estimate of drug-likeness (QED) is 0.858. The molecule has 2 aromatic rings. The number of hydrogen-bond acceptors (Lipinski definition) is 5. The molecule has 0 aliphatic heterocycles. The number of nitrogens with two attached hydrogens (primary N) is 1. The lowest BCUT2D eigenvalue weighted by atomic mass is 10.1. The van der Waals surface area contributed by atoms with E-state index in [-0.39, 0.29) is 0 Å². The van der Waals surface area contributed by atoms with Gasteiger partial charge in [0, 0.05) is 29.8 Å². The van der Waals surface area contributed by atoms with E-state index in [1.54, 1.807) is 10.9 Å². The van der Waals surface area contributed by atoms with Crippen molar-refractivity contribution in [1.82, 2.24) is 9.78 Å². The first kappa shape index (κ1) is 13.6. The van der Waals surface area contributed by atoms with Crippen LogP contribution in [0.2, 0.25) is 0 Å². The molecule has 6 heteroatoms. The molecule has 2 aromatic heterocycles. The topological polar surface area (TPSA) is 70.1 Å². The Hall–Kier alpha value is -1.82. The number of nitrogen functional groups attached to an aromatic ring is 1. The van der Waals surface area contributed by atoms with Crippen LogP contribution in [0.15, 0.2) is 17.8 Å². The van der Waals surface area contributed by atoms with Crippen LogP contribution in [0.4, 0.5) is 5.00 Å². The van der Waals surface area contributed by atoms with Gasteiger partial charge in [0.1, 0.15) is 16.2 Å². The maximum atomic E-state index is 12.2. The van der Waals surface area contributed by atoms with E-state index in [0.717, 1.165) is 11.1 Å². The van der Waals surface area contributed by atoms with Crippen LogP contribution in [-0.2, 0) is 11.8 Å². The van der Waals surface area contributed by atoms with Crippen molar-refractivity contribution < 1.29 is 9.53 Å². The fraction of sp³-hybridized carbons (Fsp3) is 0.385. The molecule has 0 fully saturated rings. The SMILES string of the molecule is Cn1cc(-c2csc(N)c2C(=O)OC(C)(C)C)cn1. The lowest BCUT2D eigenvalue weighted by Crippen LogP contribution is -2.24. The molecule has 102 valence electrons. The molecule has 5 nitrogen and oxygen atoms in total. The van der Waals surface area contributed by atoms with Gasteiger partial charge in [-0.1, -0.05) is 0 Å². The lowest BCUT2D eigenvalue weighted by Gasteiger charge is -2.19. The first-order valence-electron chi connectivity index (χ1n) is 5.87. The average molecular weight is 279 g/mol. The summed E-state index contributed by atoms with van der Waals surface area (Å²) in [6.45, 7) is 5.49. The zero-order chi connectivity index (χ0) is 14.2. The Morgan fingerprint density at radius 3 is 2.68 bits per heavy atom. The Bertz CT molecular complexity index is 608. The number of nitrogens with zero attached hydrogens (tertiary/aromatic N) is 2. The van der Waals surface area contributed by atoms with Crippen molar-refractivity contribution >= 4 is 22.3 Å². The number of anilines is 1. The van der Waals surface area contributed by atoms with E-state index < -0.39 is 11.6 Å². The third-order valence-electron chi connectivity index (χ3n) is 2.44. The summed E-state index contributed by atoms with van der Waals surface area (Å²) >= 11 is 1.33. The first-order valence-corrected chi connectivity index (χ1v) is 6.75. The number of carbonyl (C=O) groups excluding carboxylic acids is 1. The summed E-state index contributed by atoms with van der Waals surface area (Å²) in [4.78, 5) is 12.2. The number of carbonyl (C=O) groups is 1. The molecule has 0 bridgehead atoms. The summed E-state index contributed by atoms with van der Waals surface area (Å²) in [5, 5.41) is 6.42. The Kier molecular flexibility index (Phi) is 3.36. The average Bonchev–Trinajstić information content (AvgIpc) is 2.81. The molecule has 0 atom stereocenters. The maximum Gasteiger partial charge on any atom is 0.342 e. The van der Waals surface area contributed by atoms with E-state index in [0.29, 0.717) is 10.6 Å². The zero-order valence-corrected chi connectivity index (χ0v) is 12.2. The van der Waals surface area contributed by atoms with E-state index >= 15 is 0 Å². The molecule has 0 saturated carbocycles. The lowest BCUT2D eigenvalue weighted by molar-refractivity contribution is 0.00722. The summed E-state index contributed by atoms with van der Waals surface area (Å²) in [7, 11) is 1.83. The molecule has 0 radical (unpaired) electrons. The standard InChI is InChI=1S/C13H17N3O2S/c1-13(2,3)18-12(17)10-9(7-19-11(10)14)8-5-15-16(4)6-8/h5-7H,14H2,1-4H3. The molecular weight excluding hydrogens is 262 g/mol. The molecule has 19 heavy (non-hydrogen) atoms. The van der Waals surface area contributed by atoms with Crippen LogP contribution in [0.5, 0.6) is 0 Å². The van der Waals surface area contributed by atoms with E-state index in [1.807, 2.05) is 39.4 Å². The van der Waals surface area contributed by atoms with Gasteiger partial charge in [-0.3, -0.25) is 4.68 Å². The molecule has 0 aromatic carbocycles. The van der Waals surface area contributed by atoms with Gasteiger partial charge >= 0.3 is 5.97 Å². The van der Waals surface area contributed by atoms with Gasteiger partial charge in [0.05, 0.1) is 6.20 Å². The molecule has 0 amide bonds. The van der Waals surface area contributed by atoms with Crippen LogP contribution in [0.3, 0.4) is 0 Å². The Labute approximate surface area is 116 Å². The van der Waals surface area contributed by atoms with Crippen molar-refractivity contribution in [2.24, 2.45) is 7.05 Å². The third kappa shape index (κ3) is 2.96. The number of aromatic nitrogens is 2. The van der Waals surface area contributed by atoms with Crippen LogP contribution < -0.4 is 5.73 Å². The van der Waals surface area contributed by atoms with Crippen molar-refractivity contribution in [2.45, 2.75) is 26.4 Å². The summed E-state index contributed by atoms with van der Waals surface area (Å²) in [5.74, 6) is -0.398. The minimum atomic E-state index is -0.544. The third-order valence-corrected chi connectivity index (χ3v) is 3.25. The predicted molar refractivity (Wildman–Crippen MR) is 76.1 cm³/mol. The summed E-state index contributed by atoms with van der Waals surface area (Å²) < 4.78 is 7.08. The van der Waals surface area contributed by atoms with Gasteiger partial charge in [0.25, 0.3) is 0 Å². The van der Waals surface area contributed by atoms with E-state index in [9.17, 15) is 4.79 Å². The molecule has 0 aliphatic rings. The van der Waals surface area contributed by atoms with Gasteiger partial charge in [-0.25, -0.2) is 4.79 Å². The number of aryl methyl sites for hydroxylation is 1. The molecule has 0 aliphatic carbocycles. The normalized spacial score (nSPS) is 11.6. The number of ether oxygens (including phenoxy) is 1. The number of thiophene rings is 1. The Morgan fingerprint density at radius 2 is 2.16 bits per heavy atom. The molecule has 0 spiro atoms. The van der Waals surface area contributed by atoms with Crippen LogP contribution >= 0.6 is 11.3 Å². The number of esters is 1. The Balaban J connectivity index is 2.41. The highest BCUT2D eigenvalue weighted by Crippen LogP contribution is 2.34. The zero-order valence-electron chi connectivity index (χ0n) is 11.4. The van der Waals surface area contributed by atoms with E-state index in [2.05, 4.69) is 5.10 Å². The van der Waals surface area contributed by atoms with Crippen LogP contribution in [0.25, 0.3) is 11.1 Å². The number of rotatable bonds is 2. The molecule has 2 heterocycles. The van der Waals surface area contributed by atoms with Crippen LogP contribution in [-0.4, -0.2) is 21.4 Å². The largest absolute Gasteiger partial charge is 0.456 e. The molecular formula is C13H17N3O2S. The van der Waals surface area contributed by atoms with Gasteiger partial charge in [-0.15, -0.1) is 11.3 Å². The van der Waals surface area contributed by atoms with Gasteiger partial charge < -0.3 is 10.5 Å². The monoisotopic (exact) mass is 279 g/mol. The highest BCUT2D eigenvalue weighted by Gasteiger charge is 2.25. The number of hydrogen-bond donors (Lipinski definition) is 1. The summed E-state index contributed by atoms with van der Waals surface area (Å²) in [6, 6.07) is 0. The summed E-state index contributed by atoms with van der Waals surface area (Å²) in [5.41, 5.74) is 7.40. The predicted octanol–water partition coefficient (Wildman–Crippen LogP) is 2.69. The second-order valence-electron chi connectivity index (χ2n) is 5.29. The van der Waals surface area contributed by atoms with Crippen molar-refractivity contribution in [3.63, 3.8) is 0 Å². The first-order chi connectivity index (χ1) is 8.78. The molecule has 0 saturated heterocycles. The van der Waals surface area contributed by atoms with Gasteiger partial charge in [-0.2, -0.15) is 5.10 Å². The van der Waals surface area contributed by atoms with Crippen LogP contribution in [0.1, 0.15) is 31.1 Å². The molecule has 2 rings (SSSR count). The van der Waals surface area contributed by atoms with Gasteiger partial charge in [0.2, 0.25) is 0 Å².